The van der Waals surface area contributed by atoms with Gasteiger partial charge in [0.2, 0.25) is 0 Å². The third-order valence-electron chi connectivity index (χ3n) is 4.41. The Kier molecular flexibility index (Phi) is 6.13. The molecule has 0 bridgehead atoms. The highest BCUT2D eigenvalue weighted by Gasteiger charge is 2.38. The van der Waals surface area contributed by atoms with Gasteiger partial charge in [0.1, 0.15) is 0 Å². The van der Waals surface area contributed by atoms with Crippen molar-refractivity contribution in [2.75, 3.05) is 0 Å². The minimum atomic E-state index is -0.744. The number of carbonyl (C=O) groups is 1. The summed E-state index contributed by atoms with van der Waals surface area (Å²) in [7, 11) is 0. The minimum absolute atomic E-state index is 0.131. The van der Waals surface area contributed by atoms with E-state index >= 15 is 0 Å². The van der Waals surface area contributed by atoms with Crippen molar-refractivity contribution in [3.63, 3.8) is 0 Å². The van der Waals surface area contributed by atoms with Crippen molar-refractivity contribution in [3.05, 3.63) is 0 Å². The second-order valence-electron chi connectivity index (χ2n) is 6.24. The second kappa shape index (κ2) is 7.13. The Morgan fingerprint density at radius 2 is 2.00 bits per heavy atom. The van der Waals surface area contributed by atoms with Gasteiger partial charge in [-0.1, -0.05) is 46.0 Å². The van der Waals surface area contributed by atoms with Crippen LogP contribution in [0.25, 0.3) is 0 Å². The lowest BCUT2D eigenvalue weighted by Gasteiger charge is -2.40. The van der Waals surface area contributed by atoms with E-state index in [0.717, 1.165) is 32.1 Å². The first kappa shape index (κ1) is 15.5. The summed E-state index contributed by atoms with van der Waals surface area (Å²) in [5.41, 5.74) is 6.04. The van der Waals surface area contributed by atoms with E-state index in [1.54, 1.807) is 0 Å². The second-order valence-corrected chi connectivity index (χ2v) is 6.24. The molecule has 1 aliphatic rings. The van der Waals surface area contributed by atoms with E-state index in [1.807, 2.05) is 0 Å². The van der Waals surface area contributed by atoms with Gasteiger partial charge >= 0.3 is 5.97 Å². The van der Waals surface area contributed by atoms with Crippen LogP contribution >= 0.6 is 0 Å². The Labute approximate surface area is 111 Å². The SMILES string of the molecule is CCC[C@H](C)C[C@](N)(CC(=O)O)C1CCCCC1. The predicted molar refractivity (Wildman–Crippen MR) is 74.4 cm³/mol. The Bertz CT molecular complexity index is 261. The van der Waals surface area contributed by atoms with Gasteiger partial charge in [-0.2, -0.15) is 0 Å². The normalized spacial score (nSPS) is 22.4. The van der Waals surface area contributed by atoms with Crippen molar-refractivity contribution in [2.24, 2.45) is 17.6 Å². The zero-order valence-electron chi connectivity index (χ0n) is 12.0. The molecule has 0 spiro atoms. The fourth-order valence-electron chi connectivity index (χ4n) is 3.59. The molecule has 1 rings (SSSR count). The van der Waals surface area contributed by atoms with Gasteiger partial charge in [0.05, 0.1) is 6.42 Å². The smallest absolute Gasteiger partial charge is 0.305 e. The Morgan fingerprint density at radius 1 is 1.39 bits per heavy atom. The molecule has 0 aliphatic heterocycles. The average Bonchev–Trinajstić information content (AvgIpc) is 2.29. The van der Waals surface area contributed by atoms with E-state index in [2.05, 4.69) is 13.8 Å². The third kappa shape index (κ3) is 4.60. The van der Waals surface area contributed by atoms with E-state index in [-0.39, 0.29) is 6.42 Å². The molecule has 1 aliphatic carbocycles. The van der Waals surface area contributed by atoms with Gasteiger partial charge in [-0.15, -0.1) is 0 Å². The summed E-state index contributed by atoms with van der Waals surface area (Å²) >= 11 is 0. The van der Waals surface area contributed by atoms with Crippen LogP contribution in [-0.2, 0) is 4.79 Å². The molecule has 0 aromatic carbocycles. The predicted octanol–water partition coefficient (Wildman–Crippen LogP) is 3.57. The fraction of sp³-hybridized carbons (Fsp3) is 0.933. The molecule has 1 fully saturated rings. The largest absolute Gasteiger partial charge is 0.481 e. The van der Waals surface area contributed by atoms with Crippen LogP contribution in [0.5, 0.6) is 0 Å². The van der Waals surface area contributed by atoms with Crippen molar-refractivity contribution in [3.8, 4) is 0 Å². The molecule has 3 nitrogen and oxygen atoms in total. The summed E-state index contributed by atoms with van der Waals surface area (Å²) in [6, 6.07) is 0. The minimum Gasteiger partial charge on any atom is -0.481 e. The number of carboxylic acids is 1. The first-order valence-electron chi connectivity index (χ1n) is 7.48. The Morgan fingerprint density at radius 3 is 2.50 bits per heavy atom. The first-order valence-corrected chi connectivity index (χ1v) is 7.48. The molecule has 3 N–H and O–H groups in total. The molecule has 0 radical (unpaired) electrons. The number of nitrogens with two attached hydrogens (primary N) is 1. The number of rotatable bonds is 7. The van der Waals surface area contributed by atoms with Crippen LogP contribution in [0.2, 0.25) is 0 Å². The Balaban J connectivity index is 2.69. The molecular formula is C15H29NO2. The molecular weight excluding hydrogens is 226 g/mol. The topological polar surface area (TPSA) is 63.3 Å². The highest BCUT2D eigenvalue weighted by Crippen LogP contribution is 2.37. The van der Waals surface area contributed by atoms with Crippen molar-refractivity contribution in [1.82, 2.24) is 0 Å². The molecule has 0 aromatic heterocycles. The van der Waals surface area contributed by atoms with Crippen molar-refractivity contribution in [2.45, 2.75) is 77.2 Å². The lowest BCUT2D eigenvalue weighted by molar-refractivity contribution is -0.139. The highest BCUT2D eigenvalue weighted by molar-refractivity contribution is 5.68. The molecule has 2 atom stereocenters. The van der Waals surface area contributed by atoms with Crippen molar-refractivity contribution < 1.29 is 9.90 Å². The molecule has 106 valence electrons. The van der Waals surface area contributed by atoms with Gasteiger partial charge in [0.25, 0.3) is 0 Å². The van der Waals surface area contributed by atoms with Gasteiger partial charge in [-0.05, 0) is 31.1 Å². The monoisotopic (exact) mass is 255 g/mol. The summed E-state index contributed by atoms with van der Waals surface area (Å²) in [5.74, 6) is 0.190. The zero-order chi connectivity index (χ0) is 13.6. The number of carboxylic acid groups (broad SMARTS) is 1. The van der Waals surface area contributed by atoms with E-state index in [4.69, 9.17) is 10.8 Å². The number of hydrogen-bond acceptors (Lipinski definition) is 2. The summed E-state index contributed by atoms with van der Waals surface area (Å²) in [5, 5.41) is 9.14. The standard InChI is InChI=1S/C15H29NO2/c1-3-7-12(2)10-15(16,11-14(17)18)13-8-5-4-6-9-13/h12-13H,3-11,16H2,1-2H3,(H,17,18)/t12-,15-/m0/s1. The molecule has 0 unspecified atom stereocenters. The van der Waals surface area contributed by atoms with Gasteiger partial charge in [-0.3, -0.25) is 4.79 Å². The molecule has 3 heteroatoms. The summed E-state index contributed by atoms with van der Waals surface area (Å²) in [6.45, 7) is 4.38. The maximum Gasteiger partial charge on any atom is 0.305 e. The van der Waals surface area contributed by atoms with E-state index in [1.165, 1.54) is 19.3 Å². The number of hydrogen-bond donors (Lipinski definition) is 2. The van der Waals surface area contributed by atoms with Gasteiger partial charge in [0.15, 0.2) is 0 Å². The van der Waals surface area contributed by atoms with Gasteiger partial charge in [-0.25, -0.2) is 0 Å². The average molecular weight is 255 g/mol. The van der Waals surface area contributed by atoms with Crippen molar-refractivity contribution in [1.29, 1.82) is 0 Å². The van der Waals surface area contributed by atoms with Crippen LogP contribution in [-0.4, -0.2) is 16.6 Å². The molecule has 0 amide bonds. The molecule has 0 heterocycles. The quantitative estimate of drug-likeness (QED) is 0.731. The van der Waals surface area contributed by atoms with Gasteiger partial charge in [0, 0.05) is 5.54 Å². The van der Waals surface area contributed by atoms with Crippen molar-refractivity contribution >= 4 is 5.97 Å². The van der Waals surface area contributed by atoms with Crippen LogP contribution in [0.1, 0.15) is 71.6 Å². The first-order chi connectivity index (χ1) is 8.48. The highest BCUT2D eigenvalue weighted by atomic mass is 16.4. The zero-order valence-corrected chi connectivity index (χ0v) is 12.0. The van der Waals surface area contributed by atoms with Crippen LogP contribution in [0.4, 0.5) is 0 Å². The molecule has 18 heavy (non-hydrogen) atoms. The van der Waals surface area contributed by atoms with E-state index in [9.17, 15) is 4.79 Å². The summed E-state index contributed by atoms with van der Waals surface area (Å²) in [6.07, 6.45) is 9.22. The van der Waals surface area contributed by atoms with Gasteiger partial charge < -0.3 is 10.8 Å². The number of aliphatic carboxylic acids is 1. The molecule has 1 saturated carbocycles. The molecule has 0 saturated heterocycles. The summed E-state index contributed by atoms with van der Waals surface area (Å²) in [4.78, 5) is 11.1. The summed E-state index contributed by atoms with van der Waals surface area (Å²) < 4.78 is 0. The molecule has 0 aromatic rings. The van der Waals surface area contributed by atoms with Crippen LogP contribution in [0.3, 0.4) is 0 Å². The van der Waals surface area contributed by atoms with Crippen LogP contribution < -0.4 is 5.73 Å². The van der Waals surface area contributed by atoms with E-state index in [0.29, 0.717) is 11.8 Å². The fourth-order valence-corrected chi connectivity index (χ4v) is 3.59. The van der Waals surface area contributed by atoms with E-state index < -0.39 is 11.5 Å². The maximum atomic E-state index is 11.1. The lowest BCUT2D eigenvalue weighted by atomic mass is 9.69. The van der Waals surface area contributed by atoms with Crippen LogP contribution in [0.15, 0.2) is 0 Å². The Hall–Kier alpha value is -0.570. The maximum absolute atomic E-state index is 11.1. The van der Waals surface area contributed by atoms with Crippen LogP contribution in [0, 0.1) is 11.8 Å². The third-order valence-corrected chi connectivity index (χ3v) is 4.41. The lowest BCUT2D eigenvalue weighted by Crippen LogP contribution is -2.50.